The standard InChI is InChI=1S/C23H23Cl3N4O4S/c1-4-34-23(31)21-22(28-19-10-14(3)13(2)9-18(19)27-21)29-5-7-30(8-6-29)35(32,33)20-12-16(25)15(24)11-17(20)26/h9-12H,4-8H2,1-3H3. The summed E-state index contributed by atoms with van der Waals surface area (Å²) in [6.07, 6.45) is 0. The third-order valence-electron chi connectivity index (χ3n) is 5.86. The smallest absolute Gasteiger partial charge is 0.360 e. The second-order valence-corrected chi connectivity index (χ2v) is 11.3. The highest BCUT2D eigenvalue weighted by atomic mass is 35.5. The number of piperazine rings is 1. The van der Waals surface area contributed by atoms with Gasteiger partial charge in [0, 0.05) is 26.2 Å². The topological polar surface area (TPSA) is 92.7 Å². The number of hydrogen-bond acceptors (Lipinski definition) is 7. The van der Waals surface area contributed by atoms with Crippen LogP contribution in [-0.4, -0.2) is 61.4 Å². The molecule has 0 spiro atoms. The zero-order valence-corrected chi connectivity index (χ0v) is 22.4. The van der Waals surface area contributed by atoms with E-state index in [0.29, 0.717) is 16.9 Å². The minimum Gasteiger partial charge on any atom is -0.461 e. The number of carbonyl (C=O) groups is 1. The number of aryl methyl sites for hydroxylation is 2. The summed E-state index contributed by atoms with van der Waals surface area (Å²) in [4.78, 5) is 23.7. The van der Waals surface area contributed by atoms with Crippen LogP contribution in [0.4, 0.5) is 5.82 Å². The Labute approximate surface area is 218 Å². The predicted octanol–water partition coefficient (Wildman–Crippen LogP) is 4.89. The first-order valence-electron chi connectivity index (χ1n) is 10.9. The van der Waals surface area contributed by atoms with Gasteiger partial charge in [-0.2, -0.15) is 4.31 Å². The van der Waals surface area contributed by atoms with E-state index in [1.54, 1.807) is 6.92 Å². The Morgan fingerprint density at radius 2 is 1.49 bits per heavy atom. The molecule has 1 saturated heterocycles. The van der Waals surface area contributed by atoms with E-state index >= 15 is 0 Å². The van der Waals surface area contributed by atoms with Gasteiger partial charge in [0.15, 0.2) is 11.5 Å². The number of ether oxygens (including phenoxy) is 1. The van der Waals surface area contributed by atoms with Crippen LogP contribution in [0, 0.1) is 13.8 Å². The molecule has 4 rings (SSSR count). The van der Waals surface area contributed by atoms with E-state index < -0.39 is 16.0 Å². The van der Waals surface area contributed by atoms with Crippen molar-refractivity contribution in [3.8, 4) is 0 Å². The predicted molar refractivity (Wildman–Crippen MR) is 137 cm³/mol. The maximum absolute atomic E-state index is 13.2. The molecule has 1 aliphatic heterocycles. The van der Waals surface area contributed by atoms with Crippen molar-refractivity contribution in [2.24, 2.45) is 0 Å². The van der Waals surface area contributed by atoms with E-state index in [1.807, 2.05) is 30.9 Å². The van der Waals surface area contributed by atoms with Crippen LogP contribution in [-0.2, 0) is 14.8 Å². The van der Waals surface area contributed by atoms with Gasteiger partial charge in [0.05, 0.1) is 32.7 Å². The first kappa shape index (κ1) is 25.9. The van der Waals surface area contributed by atoms with Crippen molar-refractivity contribution >= 4 is 67.6 Å². The molecule has 0 saturated carbocycles. The van der Waals surface area contributed by atoms with Crippen LogP contribution in [0.15, 0.2) is 29.2 Å². The second kappa shape index (κ2) is 10.1. The Morgan fingerprint density at radius 1 is 0.914 bits per heavy atom. The highest BCUT2D eigenvalue weighted by molar-refractivity contribution is 7.89. The van der Waals surface area contributed by atoms with Crippen molar-refractivity contribution in [2.45, 2.75) is 25.7 Å². The molecule has 2 aromatic carbocycles. The van der Waals surface area contributed by atoms with Gasteiger partial charge in [-0.3, -0.25) is 0 Å². The average molecular weight is 558 g/mol. The Kier molecular flexibility index (Phi) is 7.45. The summed E-state index contributed by atoms with van der Waals surface area (Å²) in [7, 11) is -3.91. The molecule has 3 aromatic rings. The molecule has 0 unspecified atom stereocenters. The lowest BCUT2D eigenvalue weighted by atomic mass is 10.1. The number of benzene rings is 2. The maximum Gasteiger partial charge on any atom is 0.360 e. The summed E-state index contributed by atoms with van der Waals surface area (Å²) < 4.78 is 33.0. The lowest BCUT2D eigenvalue weighted by Crippen LogP contribution is -2.49. The Hall–Kier alpha value is -2.17. The molecule has 0 aliphatic carbocycles. The van der Waals surface area contributed by atoms with Gasteiger partial charge in [0.2, 0.25) is 10.0 Å². The summed E-state index contributed by atoms with van der Waals surface area (Å²) in [5, 5.41) is 0.272. The van der Waals surface area contributed by atoms with Gasteiger partial charge in [-0.1, -0.05) is 34.8 Å². The van der Waals surface area contributed by atoms with Gasteiger partial charge in [-0.25, -0.2) is 23.2 Å². The normalized spacial score (nSPS) is 15.0. The number of sulfonamides is 1. The fourth-order valence-corrected chi connectivity index (χ4v) is 6.24. The number of nitrogens with zero attached hydrogens (tertiary/aromatic N) is 4. The molecule has 35 heavy (non-hydrogen) atoms. The van der Waals surface area contributed by atoms with Crippen molar-refractivity contribution in [3.05, 3.63) is 56.2 Å². The average Bonchev–Trinajstić information content (AvgIpc) is 2.81. The van der Waals surface area contributed by atoms with Crippen molar-refractivity contribution < 1.29 is 17.9 Å². The van der Waals surface area contributed by atoms with Crippen molar-refractivity contribution in [3.63, 3.8) is 0 Å². The van der Waals surface area contributed by atoms with Crippen molar-refractivity contribution in [1.82, 2.24) is 14.3 Å². The molecule has 8 nitrogen and oxygen atoms in total. The third-order valence-corrected chi connectivity index (χ3v) is 8.95. The number of hydrogen-bond donors (Lipinski definition) is 0. The summed E-state index contributed by atoms with van der Waals surface area (Å²) >= 11 is 18.1. The SMILES string of the molecule is CCOC(=O)c1nc2cc(C)c(C)cc2nc1N1CCN(S(=O)(=O)c2cc(Cl)c(Cl)cc2Cl)CC1. The minimum atomic E-state index is -3.91. The van der Waals surface area contributed by atoms with Crippen LogP contribution >= 0.6 is 34.8 Å². The highest BCUT2D eigenvalue weighted by Gasteiger charge is 2.33. The van der Waals surface area contributed by atoms with Crippen LogP contribution in [0.2, 0.25) is 15.1 Å². The molecular formula is C23H23Cl3N4O4S. The maximum atomic E-state index is 13.2. The van der Waals surface area contributed by atoms with Crippen LogP contribution < -0.4 is 4.90 Å². The van der Waals surface area contributed by atoms with Gasteiger partial charge in [-0.15, -0.1) is 0 Å². The first-order valence-corrected chi connectivity index (χ1v) is 13.5. The largest absolute Gasteiger partial charge is 0.461 e. The van der Waals surface area contributed by atoms with Gasteiger partial charge < -0.3 is 9.64 Å². The summed E-state index contributed by atoms with van der Waals surface area (Å²) in [6.45, 7) is 6.73. The monoisotopic (exact) mass is 556 g/mol. The summed E-state index contributed by atoms with van der Waals surface area (Å²) in [5.41, 5.74) is 3.43. The molecule has 12 heteroatoms. The van der Waals surface area contributed by atoms with Gasteiger partial charge in [0.1, 0.15) is 4.90 Å². The Balaban J connectivity index is 1.65. The second-order valence-electron chi connectivity index (χ2n) is 8.13. The highest BCUT2D eigenvalue weighted by Crippen LogP contribution is 2.34. The number of esters is 1. The fraction of sp³-hybridized carbons (Fsp3) is 0.348. The van der Waals surface area contributed by atoms with Gasteiger partial charge >= 0.3 is 5.97 Å². The van der Waals surface area contributed by atoms with E-state index in [-0.39, 0.29) is 58.4 Å². The zero-order chi connectivity index (χ0) is 25.5. The number of rotatable bonds is 5. The number of fused-ring (bicyclic) bond motifs is 1. The molecule has 0 atom stereocenters. The Bertz CT molecular complexity index is 1420. The third kappa shape index (κ3) is 5.06. The zero-order valence-electron chi connectivity index (χ0n) is 19.3. The molecule has 1 aliphatic rings. The van der Waals surface area contributed by atoms with Gasteiger partial charge in [0.25, 0.3) is 0 Å². The molecule has 2 heterocycles. The molecule has 0 bridgehead atoms. The van der Waals surface area contributed by atoms with Crippen LogP contribution in [0.5, 0.6) is 0 Å². The first-order chi connectivity index (χ1) is 16.5. The molecular weight excluding hydrogens is 535 g/mol. The molecule has 1 aromatic heterocycles. The molecule has 0 radical (unpaired) electrons. The van der Waals surface area contributed by atoms with E-state index in [0.717, 1.165) is 11.1 Å². The molecule has 0 amide bonds. The van der Waals surface area contributed by atoms with E-state index in [4.69, 9.17) is 44.5 Å². The van der Waals surface area contributed by atoms with E-state index in [9.17, 15) is 13.2 Å². The number of aromatic nitrogens is 2. The van der Waals surface area contributed by atoms with E-state index in [1.165, 1.54) is 16.4 Å². The number of halogens is 3. The Morgan fingerprint density at radius 3 is 2.09 bits per heavy atom. The minimum absolute atomic E-state index is 0.00233. The molecule has 1 fully saturated rings. The number of anilines is 1. The van der Waals surface area contributed by atoms with Crippen molar-refractivity contribution in [1.29, 1.82) is 0 Å². The van der Waals surface area contributed by atoms with Crippen molar-refractivity contribution in [2.75, 3.05) is 37.7 Å². The lowest BCUT2D eigenvalue weighted by molar-refractivity contribution is 0.0520. The quantitative estimate of drug-likeness (QED) is 0.326. The lowest BCUT2D eigenvalue weighted by Gasteiger charge is -2.35. The summed E-state index contributed by atoms with van der Waals surface area (Å²) in [5.74, 6) is -0.211. The van der Waals surface area contributed by atoms with Crippen LogP contribution in [0.1, 0.15) is 28.5 Å². The summed E-state index contributed by atoms with van der Waals surface area (Å²) in [6, 6.07) is 6.37. The van der Waals surface area contributed by atoms with Crippen LogP contribution in [0.3, 0.4) is 0 Å². The van der Waals surface area contributed by atoms with Crippen LogP contribution in [0.25, 0.3) is 11.0 Å². The number of carbonyl (C=O) groups excluding carboxylic acids is 1. The molecule has 0 N–H and O–H groups in total. The van der Waals surface area contributed by atoms with Gasteiger partial charge in [-0.05, 0) is 56.2 Å². The molecule has 186 valence electrons. The van der Waals surface area contributed by atoms with E-state index in [2.05, 4.69) is 4.98 Å². The fourth-order valence-electron chi connectivity index (χ4n) is 3.84.